The third-order valence-electron chi connectivity index (χ3n) is 2.00. The first-order valence-electron chi connectivity index (χ1n) is 4.51. The summed E-state index contributed by atoms with van der Waals surface area (Å²) < 4.78 is 20.1. The number of hydrogen-bond acceptors (Lipinski definition) is 5. The maximum Gasteiger partial charge on any atom is 0.508 e. The lowest BCUT2D eigenvalue weighted by Crippen LogP contribution is -2.32. The van der Waals surface area contributed by atoms with Gasteiger partial charge in [-0.15, -0.1) is 0 Å². The Morgan fingerprint density at radius 2 is 2.21 bits per heavy atom. The Bertz CT molecular complexity index is 213. The second-order valence-electron chi connectivity index (χ2n) is 3.64. The van der Waals surface area contributed by atoms with Crippen LogP contribution >= 0.6 is 0 Å². The van der Waals surface area contributed by atoms with E-state index in [0.29, 0.717) is 6.61 Å². The molecular weight excluding hydrogens is 188 g/mol. The molecule has 1 saturated heterocycles. The summed E-state index contributed by atoms with van der Waals surface area (Å²) in [5.74, 6) is -0.599. The van der Waals surface area contributed by atoms with E-state index in [0.717, 1.165) is 0 Å². The summed E-state index contributed by atoms with van der Waals surface area (Å²) in [4.78, 5) is 10.8. The van der Waals surface area contributed by atoms with Crippen molar-refractivity contribution >= 4 is 6.16 Å². The van der Waals surface area contributed by atoms with E-state index in [4.69, 9.17) is 14.2 Å². The van der Waals surface area contributed by atoms with Crippen LogP contribution in [-0.4, -0.2) is 37.9 Å². The zero-order valence-corrected chi connectivity index (χ0v) is 8.90. The molecule has 0 radical (unpaired) electrons. The zero-order chi connectivity index (χ0) is 10.8. The highest BCUT2D eigenvalue weighted by Crippen LogP contribution is 2.25. The van der Waals surface area contributed by atoms with Crippen LogP contribution in [0, 0.1) is 0 Å². The number of hydrogen-bond donors (Lipinski definition) is 0. The van der Waals surface area contributed by atoms with Gasteiger partial charge < -0.3 is 18.9 Å². The Labute approximate surface area is 83.3 Å². The minimum atomic E-state index is -0.703. The molecule has 0 N–H and O–H groups in total. The molecule has 1 heterocycles. The van der Waals surface area contributed by atoms with Crippen LogP contribution in [0.5, 0.6) is 0 Å². The van der Waals surface area contributed by atoms with E-state index in [2.05, 4.69) is 4.74 Å². The summed E-state index contributed by atoms with van der Waals surface area (Å²) in [5, 5.41) is 0. The first-order valence-corrected chi connectivity index (χ1v) is 4.51. The molecule has 5 nitrogen and oxygen atoms in total. The largest absolute Gasteiger partial charge is 0.508 e. The highest BCUT2D eigenvalue weighted by molar-refractivity contribution is 5.59. The van der Waals surface area contributed by atoms with Crippen molar-refractivity contribution in [1.82, 2.24) is 0 Å². The third-order valence-corrected chi connectivity index (χ3v) is 2.00. The predicted molar refractivity (Wildman–Crippen MR) is 47.9 cm³/mol. The van der Waals surface area contributed by atoms with Crippen LogP contribution in [0.2, 0.25) is 0 Å². The first-order chi connectivity index (χ1) is 6.44. The van der Waals surface area contributed by atoms with Crippen molar-refractivity contribution in [1.29, 1.82) is 0 Å². The minimum Gasteiger partial charge on any atom is -0.438 e. The van der Waals surface area contributed by atoms with Crippen molar-refractivity contribution < 1.29 is 23.7 Å². The number of ether oxygens (including phenoxy) is 4. The molecule has 0 bridgehead atoms. The lowest BCUT2D eigenvalue weighted by atomic mass is 10.2. The summed E-state index contributed by atoms with van der Waals surface area (Å²) in [6.45, 7) is 5.80. The highest BCUT2D eigenvalue weighted by Gasteiger charge is 2.37. The zero-order valence-electron chi connectivity index (χ0n) is 8.90. The van der Waals surface area contributed by atoms with Crippen LogP contribution in [0.15, 0.2) is 0 Å². The van der Waals surface area contributed by atoms with E-state index >= 15 is 0 Å². The molecule has 2 atom stereocenters. The van der Waals surface area contributed by atoms with Crippen LogP contribution in [0.25, 0.3) is 0 Å². The quantitative estimate of drug-likeness (QED) is 0.635. The van der Waals surface area contributed by atoms with E-state index in [1.165, 1.54) is 7.11 Å². The number of rotatable bonds is 2. The van der Waals surface area contributed by atoms with Crippen LogP contribution in [0.1, 0.15) is 20.8 Å². The standard InChI is InChI=1S/C9H16O5/c1-6(13-8(10)11-4)7-5-12-9(2,3)14-7/h6-7H,5H2,1-4H3/t6-,7-/m0/s1. The molecule has 0 spiro atoms. The Morgan fingerprint density at radius 1 is 1.57 bits per heavy atom. The molecule has 0 saturated carbocycles. The van der Waals surface area contributed by atoms with Crippen LogP contribution in [0.4, 0.5) is 4.79 Å². The van der Waals surface area contributed by atoms with Crippen molar-refractivity contribution in [3.05, 3.63) is 0 Å². The Kier molecular flexibility index (Phi) is 3.34. The monoisotopic (exact) mass is 204 g/mol. The molecule has 0 amide bonds. The summed E-state index contributed by atoms with van der Waals surface area (Å²) >= 11 is 0. The van der Waals surface area contributed by atoms with Gasteiger partial charge in [0, 0.05) is 0 Å². The highest BCUT2D eigenvalue weighted by atomic mass is 16.8. The molecule has 0 aromatic carbocycles. The molecule has 0 unspecified atom stereocenters. The van der Waals surface area contributed by atoms with Crippen LogP contribution in [-0.2, 0) is 18.9 Å². The van der Waals surface area contributed by atoms with Crippen LogP contribution in [0.3, 0.4) is 0 Å². The topological polar surface area (TPSA) is 54.0 Å². The number of methoxy groups -OCH3 is 1. The molecule has 0 aromatic heterocycles. The summed E-state index contributed by atoms with van der Waals surface area (Å²) in [6, 6.07) is 0. The number of carbonyl (C=O) groups is 1. The third kappa shape index (κ3) is 2.85. The van der Waals surface area contributed by atoms with Gasteiger partial charge in [-0.05, 0) is 20.8 Å². The van der Waals surface area contributed by atoms with E-state index in [9.17, 15) is 4.79 Å². The van der Waals surface area contributed by atoms with E-state index < -0.39 is 11.9 Å². The van der Waals surface area contributed by atoms with Gasteiger partial charge in [0.15, 0.2) is 5.79 Å². The molecule has 1 aliphatic heterocycles. The summed E-state index contributed by atoms with van der Waals surface area (Å²) in [7, 11) is 1.27. The van der Waals surface area contributed by atoms with Gasteiger partial charge in [0.25, 0.3) is 0 Å². The van der Waals surface area contributed by atoms with Gasteiger partial charge in [-0.3, -0.25) is 0 Å². The fourth-order valence-corrected chi connectivity index (χ4v) is 1.22. The van der Waals surface area contributed by atoms with E-state index in [-0.39, 0.29) is 12.2 Å². The number of carbonyl (C=O) groups excluding carboxylic acids is 1. The predicted octanol–water partition coefficient (Wildman–Crippen LogP) is 1.31. The molecule has 1 rings (SSSR count). The molecule has 0 aromatic rings. The molecule has 1 fully saturated rings. The van der Waals surface area contributed by atoms with Gasteiger partial charge in [0.05, 0.1) is 13.7 Å². The van der Waals surface area contributed by atoms with Crippen molar-refractivity contribution in [3.8, 4) is 0 Å². The first kappa shape index (κ1) is 11.3. The Hall–Kier alpha value is -0.810. The summed E-state index contributed by atoms with van der Waals surface area (Å²) in [5.41, 5.74) is 0. The van der Waals surface area contributed by atoms with E-state index in [1.807, 2.05) is 13.8 Å². The van der Waals surface area contributed by atoms with Gasteiger partial charge in [-0.1, -0.05) is 0 Å². The SMILES string of the molecule is COC(=O)O[C@@H](C)[C@@H]1COC(C)(C)O1. The average Bonchev–Trinajstić information content (AvgIpc) is 2.46. The maximum absolute atomic E-state index is 10.8. The lowest BCUT2D eigenvalue weighted by molar-refractivity contribution is -0.151. The van der Waals surface area contributed by atoms with Crippen molar-refractivity contribution in [2.24, 2.45) is 0 Å². The van der Waals surface area contributed by atoms with Crippen molar-refractivity contribution in [3.63, 3.8) is 0 Å². The molecule has 14 heavy (non-hydrogen) atoms. The van der Waals surface area contributed by atoms with Gasteiger partial charge >= 0.3 is 6.16 Å². The fourth-order valence-electron chi connectivity index (χ4n) is 1.22. The minimum absolute atomic E-state index is 0.232. The van der Waals surface area contributed by atoms with Gasteiger partial charge in [-0.25, -0.2) is 4.79 Å². The van der Waals surface area contributed by atoms with Gasteiger partial charge in [-0.2, -0.15) is 0 Å². The molecule has 1 aliphatic rings. The maximum atomic E-state index is 10.8. The van der Waals surface area contributed by atoms with Crippen molar-refractivity contribution in [2.75, 3.05) is 13.7 Å². The summed E-state index contributed by atoms with van der Waals surface area (Å²) in [6.07, 6.45) is -1.31. The Balaban J connectivity index is 2.39. The molecule has 5 heteroatoms. The van der Waals surface area contributed by atoms with Crippen LogP contribution < -0.4 is 0 Å². The smallest absolute Gasteiger partial charge is 0.438 e. The van der Waals surface area contributed by atoms with Crippen molar-refractivity contribution in [2.45, 2.75) is 38.8 Å². The second-order valence-corrected chi connectivity index (χ2v) is 3.64. The van der Waals surface area contributed by atoms with E-state index in [1.54, 1.807) is 6.92 Å². The lowest BCUT2D eigenvalue weighted by Gasteiger charge is -2.20. The second kappa shape index (κ2) is 4.14. The molecule has 0 aliphatic carbocycles. The Morgan fingerprint density at radius 3 is 2.64 bits per heavy atom. The fraction of sp³-hybridized carbons (Fsp3) is 0.889. The average molecular weight is 204 g/mol. The van der Waals surface area contributed by atoms with Gasteiger partial charge in [0.2, 0.25) is 0 Å². The normalized spacial score (nSPS) is 27.0. The molecule has 82 valence electrons. The molecular formula is C9H16O5. The van der Waals surface area contributed by atoms with Gasteiger partial charge in [0.1, 0.15) is 12.2 Å².